The van der Waals surface area contributed by atoms with E-state index in [0.717, 1.165) is 11.1 Å². The second-order valence-electron chi connectivity index (χ2n) is 8.47. The summed E-state index contributed by atoms with van der Waals surface area (Å²) in [4.78, 5) is 30.7. The number of thioether (sulfide) groups is 1. The topological polar surface area (TPSA) is 106 Å². The molecule has 38 heavy (non-hydrogen) atoms. The number of nitriles is 1. The molecule has 0 aliphatic heterocycles. The molecule has 1 amide bonds. The number of nitrogens with one attached hydrogen (secondary N) is 1. The Morgan fingerprint density at radius 2 is 1.82 bits per heavy atom. The first-order valence-electron chi connectivity index (χ1n) is 12.1. The van der Waals surface area contributed by atoms with Crippen LogP contribution in [0, 0.1) is 11.3 Å². The molecule has 9 heteroatoms. The minimum absolute atomic E-state index is 0.133. The number of carbonyl (C=O) groups is 1. The molecule has 0 unspecified atom stereocenters. The second-order valence-corrected chi connectivity index (χ2v) is 9.41. The van der Waals surface area contributed by atoms with Gasteiger partial charge in [0, 0.05) is 25.3 Å². The van der Waals surface area contributed by atoms with Crippen molar-refractivity contribution in [3.05, 3.63) is 93.8 Å². The van der Waals surface area contributed by atoms with Gasteiger partial charge in [-0.05, 0) is 47.9 Å². The van der Waals surface area contributed by atoms with Gasteiger partial charge in [-0.1, -0.05) is 48.2 Å². The van der Waals surface area contributed by atoms with Crippen LogP contribution in [0.5, 0.6) is 11.5 Å². The van der Waals surface area contributed by atoms with Crippen molar-refractivity contribution >= 4 is 28.6 Å². The number of hydrogen-bond acceptors (Lipinski definition) is 7. The van der Waals surface area contributed by atoms with Crippen LogP contribution in [-0.4, -0.2) is 36.2 Å². The fourth-order valence-corrected chi connectivity index (χ4v) is 5.07. The van der Waals surface area contributed by atoms with Gasteiger partial charge in [-0.25, -0.2) is 4.98 Å². The molecule has 3 aromatic carbocycles. The number of amides is 1. The number of para-hydroxylation sites is 1. The highest BCUT2D eigenvalue weighted by molar-refractivity contribution is 7.98. The van der Waals surface area contributed by atoms with E-state index in [4.69, 9.17) is 14.5 Å². The first kappa shape index (κ1) is 26.8. The number of rotatable bonds is 11. The lowest BCUT2D eigenvalue weighted by Crippen LogP contribution is -2.30. The third-order valence-electron chi connectivity index (χ3n) is 6.07. The normalized spacial score (nSPS) is 10.7. The number of ether oxygens (including phenoxy) is 2. The molecule has 0 aliphatic carbocycles. The van der Waals surface area contributed by atoms with E-state index in [-0.39, 0.29) is 24.4 Å². The lowest BCUT2D eigenvalue weighted by atomic mass is 10.1. The monoisotopic (exact) mass is 528 g/mol. The van der Waals surface area contributed by atoms with E-state index in [0.29, 0.717) is 51.8 Å². The van der Waals surface area contributed by atoms with Crippen LogP contribution in [0.2, 0.25) is 0 Å². The van der Waals surface area contributed by atoms with Crippen LogP contribution >= 0.6 is 11.8 Å². The molecular formula is C29H28N4O4S. The van der Waals surface area contributed by atoms with Gasteiger partial charge in [0.1, 0.15) is 0 Å². The van der Waals surface area contributed by atoms with Crippen LogP contribution in [0.4, 0.5) is 0 Å². The number of methoxy groups -OCH3 is 2. The van der Waals surface area contributed by atoms with Gasteiger partial charge in [-0.3, -0.25) is 14.2 Å². The zero-order chi connectivity index (χ0) is 26.9. The highest BCUT2D eigenvalue weighted by Crippen LogP contribution is 2.27. The largest absolute Gasteiger partial charge is 0.493 e. The first-order valence-corrected chi connectivity index (χ1v) is 13.1. The smallest absolute Gasteiger partial charge is 0.262 e. The molecule has 1 heterocycles. The van der Waals surface area contributed by atoms with Gasteiger partial charge < -0.3 is 14.8 Å². The van der Waals surface area contributed by atoms with Crippen LogP contribution in [0.25, 0.3) is 10.9 Å². The van der Waals surface area contributed by atoms with Gasteiger partial charge in [0.15, 0.2) is 16.7 Å². The van der Waals surface area contributed by atoms with E-state index in [1.165, 1.54) is 11.8 Å². The Balaban J connectivity index is 1.44. The van der Waals surface area contributed by atoms with Crippen molar-refractivity contribution in [2.45, 2.75) is 30.3 Å². The lowest BCUT2D eigenvalue weighted by Gasteiger charge is -2.14. The highest BCUT2D eigenvalue weighted by Gasteiger charge is 2.14. The minimum Gasteiger partial charge on any atom is -0.493 e. The van der Waals surface area contributed by atoms with Gasteiger partial charge in [0.05, 0.1) is 36.8 Å². The third-order valence-corrected chi connectivity index (χ3v) is 7.09. The third kappa shape index (κ3) is 6.33. The van der Waals surface area contributed by atoms with E-state index in [1.54, 1.807) is 43.1 Å². The Morgan fingerprint density at radius 3 is 2.61 bits per heavy atom. The Kier molecular flexibility index (Phi) is 9.01. The zero-order valence-electron chi connectivity index (χ0n) is 21.3. The predicted molar refractivity (Wildman–Crippen MR) is 148 cm³/mol. The molecule has 0 atom stereocenters. The fourth-order valence-electron chi connectivity index (χ4n) is 4.04. The molecule has 4 rings (SSSR count). The maximum Gasteiger partial charge on any atom is 0.262 e. The molecule has 194 valence electrons. The summed E-state index contributed by atoms with van der Waals surface area (Å²) in [6, 6.07) is 22.4. The SMILES string of the molecule is COc1ccc(CCNC(=O)CCn2c(SCc3ccccc3C#N)nc3ccccc3c2=O)cc1OC. The number of fused-ring (bicyclic) bond motifs is 1. The van der Waals surface area contributed by atoms with Crippen LogP contribution in [0.3, 0.4) is 0 Å². The van der Waals surface area contributed by atoms with Crippen molar-refractivity contribution in [2.24, 2.45) is 0 Å². The number of hydrogen-bond donors (Lipinski definition) is 1. The molecule has 8 nitrogen and oxygen atoms in total. The summed E-state index contributed by atoms with van der Waals surface area (Å²) >= 11 is 1.38. The molecule has 0 spiro atoms. The first-order chi connectivity index (χ1) is 18.5. The Labute approximate surface area is 225 Å². The summed E-state index contributed by atoms with van der Waals surface area (Å²) in [6.07, 6.45) is 0.761. The number of nitrogens with zero attached hydrogens (tertiary/aromatic N) is 3. The van der Waals surface area contributed by atoms with Gasteiger partial charge >= 0.3 is 0 Å². The minimum atomic E-state index is -0.190. The van der Waals surface area contributed by atoms with Gasteiger partial charge in [-0.15, -0.1) is 0 Å². The molecule has 0 radical (unpaired) electrons. The van der Waals surface area contributed by atoms with E-state index in [2.05, 4.69) is 11.4 Å². The Bertz CT molecular complexity index is 1540. The summed E-state index contributed by atoms with van der Waals surface area (Å²) < 4.78 is 12.2. The molecule has 4 aromatic rings. The van der Waals surface area contributed by atoms with Crippen molar-refractivity contribution in [3.8, 4) is 17.6 Å². The molecule has 0 aliphatic rings. The van der Waals surface area contributed by atoms with Gasteiger partial charge in [0.2, 0.25) is 5.91 Å². The molecular weight excluding hydrogens is 500 g/mol. The van der Waals surface area contributed by atoms with E-state index in [9.17, 15) is 14.9 Å². The summed E-state index contributed by atoms with van der Waals surface area (Å²) in [6.45, 7) is 0.646. The summed E-state index contributed by atoms with van der Waals surface area (Å²) in [7, 11) is 3.17. The fraction of sp³-hybridized carbons (Fsp3) is 0.241. The van der Waals surface area contributed by atoms with E-state index >= 15 is 0 Å². The zero-order valence-corrected chi connectivity index (χ0v) is 22.1. The summed E-state index contributed by atoms with van der Waals surface area (Å²) in [5, 5.41) is 13.4. The summed E-state index contributed by atoms with van der Waals surface area (Å²) in [5.74, 6) is 1.62. The van der Waals surface area contributed by atoms with E-state index < -0.39 is 0 Å². The average Bonchev–Trinajstić information content (AvgIpc) is 2.95. The molecule has 0 bridgehead atoms. The van der Waals surface area contributed by atoms with Gasteiger partial charge in [0.25, 0.3) is 5.56 Å². The maximum atomic E-state index is 13.3. The van der Waals surface area contributed by atoms with Crippen LogP contribution in [-0.2, 0) is 23.5 Å². The van der Waals surface area contributed by atoms with Crippen molar-refractivity contribution in [2.75, 3.05) is 20.8 Å². The lowest BCUT2D eigenvalue weighted by molar-refractivity contribution is -0.121. The van der Waals surface area contributed by atoms with Crippen molar-refractivity contribution in [1.29, 1.82) is 5.26 Å². The summed E-state index contributed by atoms with van der Waals surface area (Å²) in [5.41, 5.74) is 2.87. The quantitative estimate of drug-likeness (QED) is 0.228. The maximum absolute atomic E-state index is 13.3. The van der Waals surface area contributed by atoms with Crippen LogP contribution in [0.1, 0.15) is 23.1 Å². The average molecular weight is 529 g/mol. The predicted octanol–water partition coefficient (Wildman–Crippen LogP) is 4.33. The van der Waals surface area contributed by atoms with E-state index in [1.807, 2.05) is 42.5 Å². The Hall–Kier alpha value is -4.29. The van der Waals surface area contributed by atoms with Crippen molar-refractivity contribution < 1.29 is 14.3 Å². The van der Waals surface area contributed by atoms with Crippen molar-refractivity contribution in [3.63, 3.8) is 0 Å². The number of carbonyl (C=O) groups excluding carboxylic acids is 1. The van der Waals surface area contributed by atoms with Crippen LogP contribution in [0.15, 0.2) is 76.7 Å². The molecule has 0 fully saturated rings. The Morgan fingerprint density at radius 1 is 1.05 bits per heavy atom. The van der Waals surface area contributed by atoms with Crippen LogP contribution < -0.4 is 20.3 Å². The molecule has 0 saturated carbocycles. The van der Waals surface area contributed by atoms with Crippen molar-refractivity contribution in [1.82, 2.24) is 14.9 Å². The molecule has 1 aromatic heterocycles. The number of benzene rings is 3. The molecule has 0 saturated heterocycles. The number of aromatic nitrogens is 2. The molecule has 1 N–H and O–H groups in total. The highest BCUT2D eigenvalue weighted by atomic mass is 32.2. The second kappa shape index (κ2) is 12.8. The standard InChI is InChI=1S/C29H28N4O4S/c1-36-25-12-11-20(17-26(25)37-2)13-15-31-27(34)14-16-33-28(35)23-9-5-6-10-24(23)32-29(33)38-19-22-8-4-3-7-21(22)18-30/h3-12,17H,13-16,19H2,1-2H3,(H,31,34). The van der Waals surface area contributed by atoms with Gasteiger partial charge in [-0.2, -0.15) is 5.26 Å².